The second kappa shape index (κ2) is 10.3. The molecule has 1 aliphatic rings. The van der Waals surface area contributed by atoms with E-state index in [9.17, 15) is 13.2 Å². The van der Waals surface area contributed by atoms with Gasteiger partial charge in [-0.2, -0.15) is 8.42 Å². The summed E-state index contributed by atoms with van der Waals surface area (Å²) in [7, 11) is -4.24. The van der Waals surface area contributed by atoms with E-state index in [1.165, 1.54) is 18.2 Å². The van der Waals surface area contributed by atoms with Gasteiger partial charge >= 0.3 is 0 Å². The summed E-state index contributed by atoms with van der Waals surface area (Å²) in [5, 5.41) is -0.333. The highest BCUT2D eigenvalue weighted by Crippen LogP contribution is 2.34. The van der Waals surface area contributed by atoms with Gasteiger partial charge in [0.25, 0.3) is 15.9 Å². The van der Waals surface area contributed by atoms with Gasteiger partial charge in [0.1, 0.15) is 11.6 Å². The molecule has 196 valence electrons. The number of nitrogens with one attached hydrogen (secondary N) is 1. The van der Waals surface area contributed by atoms with Crippen molar-refractivity contribution in [2.45, 2.75) is 70.7 Å². The highest BCUT2D eigenvalue weighted by atomic mass is 32.2. The Bertz CT molecular complexity index is 1420. The van der Waals surface area contributed by atoms with Crippen LogP contribution in [0.15, 0.2) is 47.5 Å². The molecule has 0 aliphatic carbocycles. The van der Waals surface area contributed by atoms with Gasteiger partial charge in [0.2, 0.25) is 5.88 Å². The Kier molecular flexibility index (Phi) is 7.35. The molecule has 0 saturated carbocycles. The fourth-order valence-electron chi connectivity index (χ4n) is 4.51. The molecular formula is C26H32N6O4S. The number of carbonyl (C=O) groups is 1. The molecule has 11 heteroatoms. The zero-order valence-corrected chi connectivity index (χ0v) is 22.4. The second-order valence-electron chi connectivity index (χ2n) is 9.53. The number of hydrogen-bond acceptors (Lipinski definition) is 9. The minimum absolute atomic E-state index is 0.00257. The van der Waals surface area contributed by atoms with Crippen molar-refractivity contribution in [1.82, 2.24) is 19.7 Å². The van der Waals surface area contributed by atoms with Crippen LogP contribution in [0.1, 0.15) is 56.6 Å². The van der Waals surface area contributed by atoms with E-state index < -0.39 is 15.9 Å². The molecule has 0 unspecified atom stereocenters. The summed E-state index contributed by atoms with van der Waals surface area (Å²) in [4.78, 5) is 28.6. The van der Waals surface area contributed by atoms with E-state index in [4.69, 9.17) is 15.5 Å². The molecule has 1 saturated heterocycles. The van der Waals surface area contributed by atoms with E-state index in [0.29, 0.717) is 17.4 Å². The number of amides is 1. The molecule has 0 bridgehead atoms. The van der Waals surface area contributed by atoms with Gasteiger partial charge in [0.05, 0.1) is 23.1 Å². The predicted molar refractivity (Wildman–Crippen MR) is 142 cm³/mol. The number of nitrogens with two attached hydrogens (primary N) is 1. The molecule has 4 rings (SSSR count). The summed E-state index contributed by atoms with van der Waals surface area (Å²) in [5.41, 5.74) is 7.93. The maximum Gasteiger partial charge on any atom is 0.281 e. The van der Waals surface area contributed by atoms with Crippen LogP contribution in [0.5, 0.6) is 5.88 Å². The van der Waals surface area contributed by atoms with Crippen LogP contribution in [0.25, 0.3) is 11.3 Å². The van der Waals surface area contributed by atoms with Crippen LogP contribution < -0.4 is 20.1 Å². The van der Waals surface area contributed by atoms with Crippen molar-refractivity contribution in [3.05, 3.63) is 53.7 Å². The van der Waals surface area contributed by atoms with E-state index >= 15 is 0 Å². The zero-order chi connectivity index (χ0) is 26.9. The molecule has 4 heterocycles. The zero-order valence-electron chi connectivity index (χ0n) is 21.6. The minimum atomic E-state index is -4.24. The number of ether oxygens (including phenoxy) is 1. The Morgan fingerprint density at radius 3 is 2.38 bits per heavy atom. The van der Waals surface area contributed by atoms with Crippen LogP contribution in [0.3, 0.4) is 0 Å². The van der Waals surface area contributed by atoms with Crippen LogP contribution >= 0.6 is 0 Å². The van der Waals surface area contributed by atoms with Crippen LogP contribution in [0.4, 0.5) is 11.6 Å². The summed E-state index contributed by atoms with van der Waals surface area (Å²) >= 11 is 0. The first kappa shape index (κ1) is 26.3. The number of nitrogen functional groups attached to an aromatic ring is 1. The standard InChI is InChI=1S/C26H32N6O4S/c1-15(2)36-23-14-12-19(18(5)28-23)21-13-11-20(25(29-21)32-16(3)9-10-17(32)4)26(33)31-37(34,35)24-8-6-7-22(27)30-24/h6-8,11-17H,9-10H2,1-5H3,(H2,27,30)(H,31,33)/t16-,17+. The molecule has 10 nitrogen and oxygen atoms in total. The Labute approximate surface area is 217 Å². The van der Waals surface area contributed by atoms with Gasteiger partial charge in [0.15, 0.2) is 5.03 Å². The van der Waals surface area contributed by atoms with Gasteiger partial charge in [-0.1, -0.05) is 6.07 Å². The molecule has 3 aromatic heterocycles. The molecule has 0 aromatic carbocycles. The van der Waals surface area contributed by atoms with E-state index in [0.717, 1.165) is 24.1 Å². The Hall–Kier alpha value is -3.73. The van der Waals surface area contributed by atoms with Gasteiger partial charge in [-0.05, 0) is 77.8 Å². The smallest absolute Gasteiger partial charge is 0.281 e. The van der Waals surface area contributed by atoms with Crippen LogP contribution in [0.2, 0.25) is 0 Å². The monoisotopic (exact) mass is 524 g/mol. The number of aromatic nitrogens is 3. The third-order valence-electron chi connectivity index (χ3n) is 6.26. The molecule has 37 heavy (non-hydrogen) atoms. The van der Waals surface area contributed by atoms with Crippen molar-refractivity contribution in [2.75, 3.05) is 10.6 Å². The van der Waals surface area contributed by atoms with Gasteiger partial charge in [-0.25, -0.2) is 19.7 Å². The number of rotatable bonds is 7. The van der Waals surface area contributed by atoms with E-state index in [1.54, 1.807) is 18.2 Å². The van der Waals surface area contributed by atoms with E-state index in [-0.39, 0.29) is 34.6 Å². The summed E-state index contributed by atoms with van der Waals surface area (Å²) in [6, 6.07) is 11.4. The minimum Gasteiger partial charge on any atom is -0.475 e. The number of nitrogens with zero attached hydrogens (tertiary/aromatic N) is 4. The fraction of sp³-hybridized carbons (Fsp3) is 0.385. The first-order valence-electron chi connectivity index (χ1n) is 12.2. The summed E-state index contributed by atoms with van der Waals surface area (Å²) < 4.78 is 33.6. The third-order valence-corrected chi connectivity index (χ3v) is 7.49. The summed E-state index contributed by atoms with van der Waals surface area (Å²) in [6.07, 6.45) is 1.86. The number of sulfonamides is 1. The Balaban J connectivity index is 1.75. The molecule has 1 amide bonds. The van der Waals surface area contributed by atoms with Gasteiger partial charge < -0.3 is 15.4 Å². The highest BCUT2D eigenvalue weighted by Gasteiger charge is 2.33. The lowest BCUT2D eigenvalue weighted by molar-refractivity contribution is 0.0981. The quantitative estimate of drug-likeness (QED) is 0.473. The first-order chi connectivity index (χ1) is 17.5. The molecule has 0 radical (unpaired) electrons. The van der Waals surface area contributed by atoms with Gasteiger partial charge in [-0.3, -0.25) is 4.79 Å². The average Bonchev–Trinajstić information content (AvgIpc) is 3.16. The average molecular weight is 525 g/mol. The lowest BCUT2D eigenvalue weighted by Gasteiger charge is -2.29. The van der Waals surface area contributed by atoms with Crippen molar-refractivity contribution in [3.8, 4) is 17.1 Å². The van der Waals surface area contributed by atoms with Crippen LogP contribution in [-0.2, 0) is 10.0 Å². The second-order valence-corrected chi connectivity index (χ2v) is 11.2. The molecule has 1 aliphatic heterocycles. The molecule has 3 N–H and O–H groups in total. The largest absolute Gasteiger partial charge is 0.475 e. The topological polar surface area (TPSA) is 140 Å². The summed E-state index contributed by atoms with van der Waals surface area (Å²) in [6.45, 7) is 9.88. The molecule has 3 aromatic rings. The van der Waals surface area contributed by atoms with Crippen LogP contribution in [-0.4, -0.2) is 47.5 Å². The number of hydrogen-bond donors (Lipinski definition) is 2. The van der Waals surface area contributed by atoms with Crippen molar-refractivity contribution in [3.63, 3.8) is 0 Å². The van der Waals surface area contributed by atoms with Crippen molar-refractivity contribution in [2.24, 2.45) is 0 Å². The van der Waals surface area contributed by atoms with Gasteiger partial charge in [0, 0.05) is 23.7 Å². The normalized spacial score (nSPS) is 17.7. The first-order valence-corrected chi connectivity index (χ1v) is 13.7. The molecule has 0 spiro atoms. The van der Waals surface area contributed by atoms with E-state index in [2.05, 4.69) is 33.4 Å². The lowest BCUT2D eigenvalue weighted by Crippen LogP contribution is -2.37. The van der Waals surface area contributed by atoms with E-state index in [1.807, 2.05) is 26.8 Å². The molecule has 1 fully saturated rings. The Morgan fingerprint density at radius 1 is 1.05 bits per heavy atom. The predicted octanol–water partition coefficient (Wildman–Crippen LogP) is 3.71. The maximum absolute atomic E-state index is 13.3. The number of carbonyl (C=O) groups excluding carboxylic acids is 1. The third kappa shape index (κ3) is 5.66. The maximum atomic E-state index is 13.3. The summed E-state index contributed by atoms with van der Waals surface area (Å²) in [5.74, 6) is 0.190. The highest BCUT2D eigenvalue weighted by molar-refractivity contribution is 7.90. The Morgan fingerprint density at radius 2 is 1.76 bits per heavy atom. The SMILES string of the molecule is Cc1nc(OC(C)C)ccc1-c1ccc(C(=O)NS(=O)(=O)c2cccc(N)n2)c(N2[C@H](C)CC[C@@H]2C)n1. The number of pyridine rings is 3. The fourth-order valence-corrected chi connectivity index (χ4v) is 5.45. The number of anilines is 2. The van der Waals surface area contributed by atoms with Crippen LogP contribution in [0, 0.1) is 6.92 Å². The number of aryl methyl sites for hydroxylation is 1. The molecular weight excluding hydrogens is 492 g/mol. The lowest BCUT2D eigenvalue weighted by atomic mass is 10.1. The van der Waals surface area contributed by atoms with Crippen molar-refractivity contribution >= 4 is 27.6 Å². The van der Waals surface area contributed by atoms with Crippen molar-refractivity contribution in [1.29, 1.82) is 0 Å². The molecule has 2 atom stereocenters. The van der Waals surface area contributed by atoms with Crippen molar-refractivity contribution < 1.29 is 17.9 Å². The van der Waals surface area contributed by atoms with Gasteiger partial charge in [-0.15, -0.1) is 0 Å².